The zero-order valence-corrected chi connectivity index (χ0v) is 15.1. The second-order valence-corrected chi connectivity index (χ2v) is 7.86. The molecule has 0 bridgehead atoms. The van der Waals surface area contributed by atoms with E-state index >= 15 is 0 Å². The number of piperidine rings is 1. The average Bonchev–Trinajstić information content (AvgIpc) is 2.94. The van der Waals surface area contributed by atoms with Crippen molar-refractivity contribution in [3.63, 3.8) is 0 Å². The number of amides is 1. The van der Waals surface area contributed by atoms with Crippen molar-refractivity contribution in [3.8, 4) is 0 Å². The van der Waals surface area contributed by atoms with E-state index in [1.807, 2.05) is 12.1 Å². The number of halogens is 1. The Morgan fingerprint density at radius 3 is 2.75 bits per heavy atom. The number of aliphatic hydroxyl groups excluding tert-OH is 1. The summed E-state index contributed by atoms with van der Waals surface area (Å²) < 4.78 is 3.34. The zero-order chi connectivity index (χ0) is 16.7. The first-order valence-electron chi connectivity index (χ1n) is 8.76. The summed E-state index contributed by atoms with van der Waals surface area (Å²) in [5, 5.41) is 13.0. The van der Waals surface area contributed by atoms with Crippen LogP contribution >= 0.6 is 15.9 Å². The highest BCUT2D eigenvalue weighted by molar-refractivity contribution is 9.10. The molecule has 2 aliphatic rings. The van der Waals surface area contributed by atoms with Crippen LogP contribution in [-0.4, -0.2) is 26.7 Å². The van der Waals surface area contributed by atoms with Crippen LogP contribution in [0.2, 0.25) is 0 Å². The van der Waals surface area contributed by atoms with Gasteiger partial charge >= 0.3 is 0 Å². The van der Waals surface area contributed by atoms with Crippen molar-refractivity contribution in [3.05, 3.63) is 28.5 Å². The fourth-order valence-corrected chi connectivity index (χ4v) is 4.38. The van der Waals surface area contributed by atoms with Gasteiger partial charge in [0.2, 0.25) is 5.91 Å². The Labute approximate surface area is 149 Å². The molecule has 24 heavy (non-hydrogen) atoms. The molecule has 2 fully saturated rings. The summed E-state index contributed by atoms with van der Waals surface area (Å²) >= 11 is 3.52. The number of carbonyl (C=O) groups is 1. The van der Waals surface area contributed by atoms with Crippen LogP contribution in [0.3, 0.4) is 0 Å². The van der Waals surface area contributed by atoms with Crippen LogP contribution in [0.1, 0.15) is 62.9 Å². The minimum absolute atomic E-state index is 0.00993. The minimum atomic E-state index is -0.178. The van der Waals surface area contributed by atoms with E-state index in [9.17, 15) is 9.90 Å². The first-order chi connectivity index (χ1) is 11.6. The van der Waals surface area contributed by atoms with Crippen molar-refractivity contribution in [2.24, 2.45) is 0 Å². The first kappa shape index (κ1) is 16.1. The van der Waals surface area contributed by atoms with Crippen molar-refractivity contribution < 1.29 is 9.90 Å². The van der Waals surface area contributed by atoms with Gasteiger partial charge in [-0.3, -0.25) is 4.79 Å². The van der Waals surface area contributed by atoms with Gasteiger partial charge in [-0.05, 0) is 56.7 Å². The molecule has 0 unspecified atom stereocenters. The summed E-state index contributed by atoms with van der Waals surface area (Å²) in [7, 11) is 0. The number of aromatic nitrogens is 2. The number of rotatable bonds is 2. The van der Waals surface area contributed by atoms with Crippen LogP contribution in [-0.2, 0) is 4.79 Å². The molecule has 0 radical (unpaired) electrons. The predicted octanol–water partition coefficient (Wildman–Crippen LogP) is 3.62. The number of nitrogens with one attached hydrogen (secondary N) is 1. The van der Waals surface area contributed by atoms with Crippen molar-refractivity contribution in [2.75, 3.05) is 0 Å². The molecule has 2 N–H and O–H groups in total. The molecule has 2 aromatic rings. The van der Waals surface area contributed by atoms with Gasteiger partial charge in [0.05, 0.1) is 23.2 Å². The van der Waals surface area contributed by atoms with E-state index in [1.165, 1.54) is 0 Å². The smallest absolute Gasteiger partial charge is 0.220 e. The third-order valence-electron chi connectivity index (χ3n) is 5.25. The third kappa shape index (κ3) is 2.97. The highest BCUT2D eigenvalue weighted by atomic mass is 79.9. The average molecular weight is 392 g/mol. The van der Waals surface area contributed by atoms with Gasteiger partial charge in [-0.15, -0.1) is 0 Å². The summed E-state index contributed by atoms with van der Waals surface area (Å²) in [5.74, 6) is 1.09. The van der Waals surface area contributed by atoms with Gasteiger partial charge < -0.3 is 15.0 Å². The third-order valence-corrected chi connectivity index (χ3v) is 5.75. The molecule has 1 saturated heterocycles. The van der Waals surface area contributed by atoms with Gasteiger partial charge in [-0.25, -0.2) is 4.98 Å². The van der Waals surface area contributed by atoms with Crippen molar-refractivity contribution in [1.82, 2.24) is 14.9 Å². The lowest BCUT2D eigenvalue weighted by Crippen LogP contribution is -2.35. The molecule has 2 heterocycles. The topological polar surface area (TPSA) is 67.2 Å². The van der Waals surface area contributed by atoms with Crippen LogP contribution in [0, 0.1) is 0 Å². The molecule has 1 aliphatic carbocycles. The Balaban J connectivity index is 1.79. The van der Waals surface area contributed by atoms with E-state index in [2.05, 4.69) is 31.9 Å². The number of nitrogens with zero attached hydrogens (tertiary/aromatic N) is 2. The van der Waals surface area contributed by atoms with Gasteiger partial charge in [0.1, 0.15) is 5.82 Å². The second-order valence-electron chi connectivity index (χ2n) is 6.95. The molecule has 5 nitrogen and oxygen atoms in total. The van der Waals surface area contributed by atoms with Gasteiger partial charge in [0.25, 0.3) is 0 Å². The fourth-order valence-electron chi connectivity index (χ4n) is 4.04. The van der Waals surface area contributed by atoms with Gasteiger partial charge in [-0.1, -0.05) is 15.9 Å². The van der Waals surface area contributed by atoms with E-state index in [4.69, 9.17) is 4.98 Å². The molecular weight excluding hydrogens is 370 g/mol. The van der Waals surface area contributed by atoms with E-state index in [1.54, 1.807) is 0 Å². The summed E-state index contributed by atoms with van der Waals surface area (Å²) in [6.45, 7) is 0. The summed E-state index contributed by atoms with van der Waals surface area (Å²) in [5.41, 5.74) is 2.08. The SMILES string of the molecule is O=C1CCC[C@@H](c2nc3cc(Br)ccc3n2C2CCC(O)CC2)N1. The van der Waals surface area contributed by atoms with E-state index in [0.717, 1.165) is 59.9 Å². The monoisotopic (exact) mass is 391 g/mol. The Morgan fingerprint density at radius 2 is 2.00 bits per heavy atom. The van der Waals surface area contributed by atoms with Crippen LogP contribution in [0.15, 0.2) is 22.7 Å². The maximum absolute atomic E-state index is 11.9. The van der Waals surface area contributed by atoms with E-state index in [0.29, 0.717) is 12.5 Å². The molecule has 1 saturated carbocycles. The maximum Gasteiger partial charge on any atom is 0.220 e. The maximum atomic E-state index is 11.9. The molecule has 1 amide bonds. The minimum Gasteiger partial charge on any atom is -0.393 e. The largest absolute Gasteiger partial charge is 0.393 e. The molecular formula is C18H22BrN3O2. The lowest BCUT2D eigenvalue weighted by atomic mass is 9.92. The Kier molecular flexibility index (Phi) is 4.35. The van der Waals surface area contributed by atoms with Crippen LogP contribution < -0.4 is 5.32 Å². The molecule has 4 rings (SSSR count). The fraction of sp³-hybridized carbons (Fsp3) is 0.556. The highest BCUT2D eigenvalue weighted by Crippen LogP contribution is 2.36. The van der Waals surface area contributed by atoms with Crippen LogP contribution in [0.4, 0.5) is 0 Å². The molecule has 1 aromatic carbocycles. The molecule has 1 aliphatic heterocycles. The number of hydrogen-bond donors (Lipinski definition) is 2. The summed E-state index contributed by atoms with van der Waals surface area (Å²) in [6.07, 6.45) is 5.85. The number of aliphatic hydroxyl groups is 1. The lowest BCUT2D eigenvalue weighted by molar-refractivity contribution is -0.123. The first-order valence-corrected chi connectivity index (χ1v) is 9.56. The number of imidazole rings is 1. The number of fused-ring (bicyclic) bond motifs is 1. The molecule has 6 heteroatoms. The molecule has 1 aromatic heterocycles. The van der Waals surface area contributed by atoms with E-state index < -0.39 is 0 Å². The van der Waals surface area contributed by atoms with Crippen molar-refractivity contribution >= 4 is 32.9 Å². The Bertz CT molecular complexity index is 765. The highest BCUT2D eigenvalue weighted by Gasteiger charge is 2.30. The number of carbonyl (C=O) groups excluding carboxylic acids is 1. The molecule has 1 atom stereocenters. The Hall–Kier alpha value is -1.40. The summed E-state index contributed by atoms with van der Waals surface area (Å²) in [6, 6.07) is 6.52. The quantitative estimate of drug-likeness (QED) is 0.821. The van der Waals surface area contributed by atoms with Gasteiger partial charge in [-0.2, -0.15) is 0 Å². The van der Waals surface area contributed by atoms with Crippen LogP contribution in [0.25, 0.3) is 11.0 Å². The molecule has 0 spiro atoms. The van der Waals surface area contributed by atoms with Crippen LogP contribution in [0.5, 0.6) is 0 Å². The number of hydrogen-bond acceptors (Lipinski definition) is 3. The zero-order valence-electron chi connectivity index (χ0n) is 13.5. The summed E-state index contributed by atoms with van der Waals surface area (Å²) in [4.78, 5) is 16.7. The molecule has 128 valence electrons. The van der Waals surface area contributed by atoms with Crippen molar-refractivity contribution in [1.29, 1.82) is 0 Å². The number of benzene rings is 1. The van der Waals surface area contributed by atoms with Crippen molar-refractivity contribution in [2.45, 2.75) is 63.1 Å². The Morgan fingerprint density at radius 1 is 1.21 bits per heavy atom. The van der Waals surface area contributed by atoms with Gasteiger partial charge in [0, 0.05) is 16.9 Å². The normalized spacial score (nSPS) is 28.1. The van der Waals surface area contributed by atoms with Gasteiger partial charge in [0.15, 0.2) is 0 Å². The lowest BCUT2D eigenvalue weighted by Gasteiger charge is -2.31. The predicted molar refractivity (Wildman–Crippen MR) is 95.7 cm³/mol. The standard InChI is InChI=1S/C18H22BrN3O2/c19-11-4-9-16-15(10-11)21-18(14-2-1-3-17(24)20-14)22(16)12-5-7-13(23)8-6-12/h4,9-10,12-14,23H,1-3,5-8H2,(H,20,24)/t12?,13?,14-/m0/s1. The van der Waals surface area contributed by atoms with E-state index in [-0.39, 0.29) is 18.1 Å². The second kappa shape index (κ2) is 6.48.